The number of benzene rings is 2. The van der Waals surface area contributed by atoms with Crippen LogP contribution in [0.2, 0.25) is 0 Å². The molecule has 3 rings (SSSR count). The van der Waals surface area contributed by atoms with Gasteiger partial charge in [0.2, 0.25) is 0 Å². The molecule has 0 saturated carbocycles. The van der Waals surface area contributed by atoms with Crippen LogP contribution in [0.25, 0.3) is 0 Å². The highest BCUT2D eigenvalue weighted by atomic mass is 16.5. The van der Waals surface area contributed by atoms with E-state index in [1.807, 2.05) is 30.3 Å². The van der Waals surface area contributed by atoms with Crippen molar-refractivity contribution in [3.63, 3.8) is 0 Å². The standard InChI is InChI=1S/C20H26N2O/c1-2-6-20(22-15-13-21-14-16-22)17-9-11-19(12-10-17)23-18-7-4-3-5-8-18/h3-5,7-12,20-21H,2,6,13-16H2,1H3/t20-/m0/s1. The zero-order valence-corrected chi connectivity index (χ0v) is 13.9. The first kappa shape index (κ1) is 16.0. The molecule has 3 heteroatoms. The largest absolute Gasteiger partial charge is 0.457 e. The molecule has 1 aliphatic heterocycles. The van der Waals surface area contributed by atoms with E-state index in [4.69, 9.17) is 4.74 Å². The van der Waals surface area contributed by atoms with E-state index in [0.717, 1.165) is 37.7 Å². The topological polar surface area (TPSA) is 24.5 Å². The number of para-hydroxylation sites is 1. The van der Waals surface area contributed by atoms with Gasteiger partial charge in [-0.25, -0.2) is 0 Å². The van der Waals surface area contributed by atoms with Crippen LogP contribution in [-0.4, -0.2) is 31.1 Å². The third-order valence-electron chi connectivity index (χ3n) is 4.40. The number of rotatable bonds is 6. The highest BCUT2D eigenvalue weighted by Gasteiger charge is 2.21. The van der Waals surface area contributed by atoms with E-state index in [1.54, 1.807) is 0 Å². The average molecular weight is 310 g/mol. The SMILES string of the molecule is CCC[C@@H](c1ccc(Oc2ccccc2)cc1)N1CCNCC1. The van der Waals surface area contributed by atoms with Gasteiger partial charge < -0.3 is 10.1 Å². The lowest BCUT2D eigenvalue weighted by atomic mass is 10.00. The molecule has 0 aromatic heterocycles. The van der Waals surface area contributed by atoms with Crippen LogP contribution in [-0.2, 0) is 0 Å². The summed E-state index contributed by atoms with van der Waals surface area (Å²) in [7, 11) is 0. The fraction of sp³-hybridized carbons (Fsp3) is 0.400. The van der Waals surface area contributed by atoms with Gasteiger partial charge in [0.1, 0.15) is 11.5 Å². The zero-order valence-electron chi connectivity index (χ0n) is 13.9. The molecular weight excluding hydrogens is 284 g/mol. The van der Waals surface area contributed by atoms with Crippen molar-refractivity contribution < 1.29 is 4.74 Å². The summed E-state index contributed by atoms with van der Waals surface area (Å²) in [6, 6.07) is 19.1. The minimum atomic E-state index is 0.521. The Morgan fingerprint density at radius 2 is 1.61 bits per heavy atom. The van der Waals surface area contributed by atoms with Crippen LogP contribution >= 0.6 is 0 Å². The smallest absolute Gasteiger partial charge is 0.127 e. The molecule has 1 heterocycles. The second-order valence-corrected chi connectivity index (χ2v) is 6.07. The molecule has 0 amide bonds. The molecule has 3 nitrogen and oxygen atoms in total. The molecule has 0 spiro atoms. The van der Waals surface area contributed by atoms with E-state index < -0.39 is 0 Å². The van der Waals surface area contributed by atoms with Crippen LogP contribution in [0, 0.1) is 0 Å². The Morgan fingerprint density at radius 3 is 2.26 bits per heavy atom. The van der Waals surface area contributed by atoms with Crippen LogP contribution < -0.4 is 10.1 Å². The molecular formula is C20H26N2O. The molecule has 0 aliphatic carbocycles. The summed E-state index contributed by atoms with van der Waals surface area (Å²) in [4.78, 5) is 2.60. The van der Waals surface area contributed by atoms with Gasteiger partial charge in [0, 0.05) is 32.2 Å². The van der Waals surface area contributed by atoms with E-state index in [9.17, 15) is 0 Å². The van der Waals surface area contributed by atoms with E-state index in [2.05, 4.69) is 41.4 Å². The summed E-state index contributed by atoms with van der Waals surface area (Å²) < 4.78 is 5.89. The van der Waals surface area contributed by atoms with Crippen molar-refractivity contribution in [2.24, 2.45) is 0 Å². The number of nitrogens with zero attached hydrogens (tertiary/aromatic N) is 1. The minimum Gasteiger partial charge on any atom is -0.457 e. The van der Waals surface area contributed by atoms with Crippen molar-refractivity contribution in [2.75, 3.05) is 26.2 Å². The molecule has 2 aromatic rings. The van der Waals surface area contributed by atoms with Crippen LogP contribution in [0.1, 0.15) is 31.4 Å². The Balaban J connectivity index is 1.70. The second-order valence-electron chi connectivity index (χ2n) is 6.07. The van der Waals surface area contributed by atoms with Gasteiger partial charge in [0.25, 0.3) is 0 Å². The molecule has 1 fully saturated rings. The molecule has 0 unspecified atom stereocenters. The summed E-state index contributed by atoms with van der Waals surface area (Å²) in [6.45, 7) is 6.72. The number of hydrogen-bond acceptors (Lipinski definition) is 3. The van der Waals surface area contributed by atoms with Crippen LogP contribution in [0.4, 0.5) is 0 Å². The van der Waals surface area contributed by atoms with Crippen LogP contribution in [0.5, 0.6) is 11.5 Å². The average Bonchev–Trinajstić information content (AvgIpc) is 2.62. The summed E-state index contributed by atoms with van der Waals surface area (Å²) in [5, 5.41) is 3.44. The predicted molar refractivity (Wildman–Crippen MR) is 95.0 cm³/mol. The number of hydrogen-bond donors (Lipinski definition) is 1. The molecule has 1 N–H and O–H groups in total. The molecule has 122 valence electrons. The van der Waals surface area contributed by atoms with Gasteiger partial charge >= 0.3 is 0 Å². The van der Waals surface area contributed by atoms with Crippen LogP contribution in [0.3, 0.4) is 0 Å². The molecule has 1 aliphatic rings. The maximum absolute atomic E-state index is 5.89. The Labute approximate surface area is 139 Å². The normalized spacial score (nSPS) is 16.9. The summed E-state index contributed by atoms with van der Waals surface area (Å²) in [5.74, 6) is 1.78. The second kappa shape index (κ2) is 8.14. The lowest BCUT2D eigenvalue weighted by Gasteiger charge is -2.35. The first-order valence-corrected chi connectivity index (χ1v) is 8.64. The van der Waals surface area contributed by atoms with Gasteiger partial charge in [-0.1, -0.05) is 43.7 Å². The maximum Gasteiger partial charge on any atom is 0.127 e. The highest BCUT2D eigenvalue weighted by Crippen LogP contribution is 2.29. The lowest BCUT2D eigenvalue weighted by Crippen LogP contribution is -2.45. The fourth-order valence-electron chi connectivity index (χ4n) is 3.21. The summed E-state index contributed by atoms with van der Waals surface area (Å²) in [5.41, 5.74) is 1.40. The van der Waals surface area contributed by atoms with E-state index >= 15 is 0 Å². The molecule has 2 aromatic carbocycles. The third kappa shape index (κ3) is 4.34. The van der Waals surface area contributed by atoms with Gasteiger partial charge in [-0.2, -0.15) is 0 Å². The Hall–Kier alpha value is -1.84. The summed E-state index contributed by atoms with van der Waals surface area (Å²) >= 11 is 0. The first-order chi connectivity index (χ1) is 11.4. The van der Waals surface area contributed by atoms with Gasteiger partial charge in [-0.05, 0) is 36.2 Å². The van der Waals surface area contributed by atoms with Crippen molar-refractivity contribution in [3.05, 3.63) is 60.2 Å². The fourth-order valence-corrected chi connectivity index (χ4v) is 3.21. The Bertz CT molecular complexity index is 576. The number of nitrogens with one attached hydrogen (secondary N) is 1. The van der Waals surface area contributed by atoms with Gasteiger partial charge in [-0.15, -0.1) is 0 Å². The molecule has 0 bridgehead atoms. The predicted octanol–water partition coefficient (Wildman–Crippen LogP) is 4.23. The molecule has 1 atom stereocenters. The van der Waals surface area contributed by atoms with Crippen molar-refractivity contribution in [2.45, 2.75) is 25.8 Å². The maximum atomic E-state index is 5.89. The van der Waals surface area contributed by atoms with Gasteiger partial charge in [0.15, 0.2) is 0 Å². The molecule has 23 heavy (non-hydrogen) atoms. The van der Waals surface area contributed by atoms with Gasteiger partial charge in [-0.3, -0.25) is 4.90 Å². The van der Waals surface area contributed by atoms with Crippen LogP contribution in [0.15, 0.2) is 54.6 Å². The highest BCUT2D eigenvalue weighted by molar-refractivity contribution is 5.34. The van der Waals surface area contributed by atoms with Crippen molar-refractivity contribution in [1.29, 1.82) is 0 Å². The van der Waals surface area contributed by atoms with Crippen molar-refractivity contribution in [1.82, 2.24) is 10.2 Å². The number of ether oxygens (including phenoxy) is 1. The van der Waals surface area contributed by atoms with Crippen molar-refractivity contribution >= 4 is 0 Å². The Kier molecular flexibility index (Phi) is 5.67. The first-order valence-electron chi connectivity index (χ1n) is 8.64. The molecule has 0 radical (unpaired) electrons. The number of piperazine rings is 1. The molecule has 1 saturated heterocycles. The minimum absolute atomic E-state index is 0.521. The van der Waals surface area contributed by atoms with Crippen molar-refractivity contribution in [3.8, 4) is 11.5 Å². The quantitative estimate of drug-likeness (QED) is 0.864. The third-order valence-corrected chi connectivity index (χ3v) is 4.40. The Morgan fingerprint density at radius 1 is 0.957 bits per heavy atom. The van der Waals surface area contributed by atoms with E-state index in [1.165, 1.54) is 18.4 Å². The van der Waals surface area contributed by atoms with E-state index in [0.29, 0.717) is 6.04 Å². The lowest BCUT2D eigenvalue weighted by molar-refractivity contribution is 0.164. The van der Waals surface area contributed by atoms with Gasteiger partial charge in [0.05, 0.1) is 0 Å². The monoisotopic (exact) mass is 310 g/mol. The van der Waals surface area contributed by atoms with E-state index in [-0.39, 0.29) is 0 Å². The zero-order chi connectivity index (χ0) is 15.9. The summed E-state index contributed by atoms with van der Waals surface area (Å²) in [6.07, 6.45) is 2.41.